The van der Waals surface area contributed by atoms with Gasteiger partial charge in [0.2, 0.25) is 0 Å². The Labute approximate surface area is 155 Å². The number of anilines is 2. The Hall–Kier alpha value is -1.66. The molecule has 23 heavy (non-hydrogen) atoms. The molecule has 3 aromatic carbocycles. The van der Waals surface area contributed by atoms with Crippen LogP contribution < -0.4 is 11.5 Å². The number of thioether (sulfide) groups is 1. The molecule has 0 aliphatic carbocycles. The summed E-state index contributed by atoms with van der Waals surface area (Å²) in [5, 5.41) is 0. The second-order valence-corrected chi connectivity index (χ2v) is 7.20. The maximum Gasteiger partial charge on any atom is 0.0325 e. The summed E-state index contributed by atoms with van der Waals surface area (Å²) < 4.78 is 1.18. The van der Waals surface area contributed by atoms with E-state index in [1.54, 1.807) is 0 Å². The second-order valence-electron chi connectivity index (χ2n) is 4.90. The third kappa shape index (κ3) is 6.97. The molecule has 0 saturated heterocycles. The standard InChI is InChI=1S/C13H13NS.C6H6IN/c14-12-7-4-8-13(9-12)15-10-11-5-2-1-3-6-11;7-5-2-1-3-6(8)4-5/h1-9H,10,14H2;1-4H,8H2. The van der Waals surface area contributed by atoms with Crippen molar-refractivity contribution in [1.29, 1.82) is 0 Å². The number of nitrogen functional groups attached to an aromatic ring is 2. The molecule has 0 bridgehead atoms. The molecule has 0 aliphatic rings. The van der Waals surface area contributed by atoms with Crippen molar-refractivity contribution in [3.05, 3.63) is 88.0 Å². The van der Waals surface area contributed by atoms with E-state index in [4.69, 9.17) is 11.5 Å². The fourth-order valence-corrected chi connectivity index (χ4v) is 3.34. The highest BCUT2D eigenvalue weighted by molar-refractivity contribution is 14.1. The fraction of sp³-hybridized carbons (Fsp3) is 0.0526. The van der Waals surface area contributed by atoms with Crippen molar-refractivity contribution in [3.8, 4) is 0 Å². The van der Waals surface area contributed by atoms with Crippen LogP contribution in [0.4, 0.5) is 11.4 Å². The molecular weight excluding hydrogens is 415 g/mol. The Kier molecular flexibility index (Phi) is 7.29. The number of halogens is 1. The molecule has 0 aromatic heterocycles. The van der Waals surface area contributed by atoms with Gasteiger partial charge in [0.1, 0.15) is 0 Å². The maximum absolute atomic E-state index is 5.71. The van der Waals surface area contributed by atoms with Gasteiger partial charge in [0, 0.05) is 25.6 Å². The molecule has 3 aromatic rings. The monoisotopic (exact) mass is 434 g/mol. The Bertz CT molecular complexity index is 715. The van der Waals surface area contributed by atoms with Crippen molar-refractivity contribution in [2.45, 2.75) is 10.6 Å². The average molecular weight is 434 g/mol. The van der Waals surface area contributed by atoms with E-state index in [-0.39, 0.29) is 0 Å². The van der Waals surface area contributed by atoms with Gasteiger partial charge in [0.05, 0.1) is 0 Å². The lowest BCUT2D eigenvalue weighted by molar-refractivity contribution is 1.38. The van der Waals surface area contributed by atoms with Crippen LogP contribution in [0.15, 0.2) is 83.8 Å². The Morgan fingerprint density at radius 2 is 1.39 bits per heavy atom. The van der Waals surface area contributed by atoms with E-state index in [1.165, 1.54) is 14.0 Å². The molecule has 0 unspecified atom stereocenters. The molecule has 0 aliphatic heterocycles. The molecular formula is C19H19IN2S. The molecule has 3 rings (SSSR count). The van der Waals surface area contributed by atoms with Crippen molar-refractivity contribution in [1.82, 2.24) is 0 Å². The van der Waals surface area contributed by atoms with Crippen LogP contribution in [-0.2, 0) is 5.75 Å². The van der Waals surface area contributed by atoms with Gasteiger partial charge in [-0.2, -0.15) is 0 Å². The van der Waals surface area contributed by atoms with Gasteiger partial charge in [-0.1, -0.05) is 42.5 Å². The summed E-state index contributed by atoms with van der Waals surface area (Å²) in [5.74, 6) is 0.990. The lowest BCUT2D eigenvalue weighted by Crippen LogP contribution is -1.84. The van der Waals surface area contributed by atoms with Crippen molar-refractivity contribution in [3.63, 3.8) is 0 Å². The molecule has 0 amide bonds. The van der Waals surface area contributed by atoms with Crippen LogP contribution in [0.25, 0.3) is 0 Å². The van der Waals surface area contributed by atoms with Gasteiger partial charge >= 0.3 is 0 Å². The van der Waals surface area contributed by atoms with Crippen molar-refractivity contribution in [2.75, 3.05) is 11.5 Å². The first kappa shape index (κ1) is 17.7. The second kappa shape index (κ2) is 9.47. The van der Waals surface area contributed by atoms with E-state index in [2.05, 4.69) is 52.9 Å². The largest absolute Gasteiger partial charge is 0.399 e. The van der Waals surface area contributed by atoms with E-state index < -0.39 is 0 Å². The van der Waals surface area contributed by atoms with Crippen LogP contribution in [0.5, 0.6) is 0 Å². The van der Waals surface area contributed by atoms with E-state index in [9.17, 15) is 0 Å². The molecule has 2 nitrogen and oxygen atoms in total. The van der Waals surface area contributed by atoms with E-state index in [1.807, 2.05) is 60.3 Å². The zero-order valence-electron chi connectivity index (χ0n) is 12.7. The fourth-order valence-electron chi connectivity index (χ4n) is 1.85. The molecule has 4 heteroatoms. The SMILES string of the molecule is Nc1cccc(I)c1.Nc1cccc(SCc2ccccc2)c1. The summed E-state index contributed by atoms with van der Waals surface area (Å²) in [6, 6.07) is 26.2. The van der Waals surface area contributed by atoms with E-state index in [0.29, 0.717) is 0 Å². The van der Waals surface area contributed by atoms with Crippen LogP contribution in [-0.4, -0.2) is 0 Å². The highest BCUT2D eigenvalue weighted by Gasteiger charge is 1.95. The summed E-state index contributed by atoms with van der Waals surface area (Å²) in [5.41, 5.74) is 14.2. The first-order valence-corrected chi connectivity index (χ1v) is 9.23. The minimum atomic E-state index is 0.827. The third-order valence-corrected chi connectivity index (χ3v) is 4.69. The van der Waals surface area contributed by atoms with E-state index >= 15 is 0 Å². The number of nitrogens with two attached hydrogens (primary N) is 2. The average Bonchev–Trinajstić information content (AvgIpc) is 2.54. The molecule has 0 spiro atoms. The predicted octanol–water partition coefficient (Wildman–Crippen LogP) is 5.43. The molecule has 0 saturated carbocycles. The molecule has 4 N–H and O–H groups in total. The van der Waals surface area contributed by atoms with Crippen LogP contribution in [0.1, 0.15) is 5.56 Å². The zero-order valence-corrected chi connectivity index (χ0v) is 15.6. The molecule has 0 heterocycles. The minimum absolute atomic E-state index is 0.827. The lowest BCUT2D eigenvalue weighted by atomic mass is 10.2. The van der Waals surface area contributed by atoms with Crippen LogP contribution in [0.2, 0.25) is 0 Å². The Morgan fingerprint density at radius 3 is 1.96 bits per heavy atom. The van der Waals surface area contributed by atoms with Crippen molar-refractivity contribution >= 4 is 45.7 Å². The van der Waals surface area contributed by atoms with Crippen LogP contribution in [0, 0.1) is 3.57 Å². The van der Waals surface area contributed by atoms with Gasteiger partial charge in [-0.15, -0.1) is 11.8 Å². The first-order valence-electron chi connectivity index (χ1n) is 7.17. The van der Waals surface area contributed by atoms with Gasteiger partial charge < -0.3 is 11.5 Å². The summed E-state index contributed by atoms with van der Waals surface area (Å²) in [6.07, 6.45) is 0. The zero-order chi connectivity index (χ0) is 16.5. The summed E-state index contributed by atoms with van der Waals surface area (Å²) in [4.78, 5) is 1.22. The van der Waals surface area contributed by atoms with E-state index in [0.717, 1.165) is 17.1 Å². The van der Waals surface area contributed by atoms with Crippen LogP contribution >= 0.6 is 34.4 Å². The molecule has 118 valence electrons. The number of hydrogen-bond donors (Lipinski definition) is 2. The topological polar surface area (TPSA) is 52.0 Å². The predicted molar refractivity (Wildman–Crippen MR) is 110 cm³/mol. The van der Waals surface area contributed by atoms with Crippen molar-refractivity contribution in [2.24, 2.45) is 0 Å². The summed E-state index contributed by atoms with van der Waals surface area (Å²) in [7, 11) is 0. The molecule has 0 radical (unpaired) electrons. The maximum atomic E-state index is 5.71. The van der Waals surface area contributed by atoms with Crippen LogP contribution in [0.3, 0.4) is 0 Å². The molecule has 0 fully saturated rings. The molecule has 0 atom stereocenters. The normalized spacial score (nSPS) is 9.78. The van der Waals surface area contributed by atoms with Crippen molar-refractivity contribution < 1.29 is 0 Å². The number of rotatable bonds is 3. The highest BCUT2D eigenvalue weighted by Crippen LogP contribution is 2.23. The summed E-state index contributed by atoms with van der Waals surface area (Å²) >= 11 is 4.03. The number of hydrogen-bond acceptors (Lipinski definition) is 3. The van der Waals surface area contributed by atoms with Gasteiger partial charge in [0.25, 0.3) is 0 Å². The van der Waals surface area contributed by atoms with Gasteiger partial charge in [-0.05, 0) is 64.6 Å². The number of benzene rings is 3. The smallest absolute Gasteiger partial charge is 0.0325 e. The summed E-state index contributed by atoms with van der Waals surface area (Å²) in [6.45, 7) is 0. The Balaban J connectivity index is 0.000000203. The minimum Gasteiger partial charge on any atom is -0.399 e. The quantitative estimate of drug-likeness (QED) is 0.328. The highest BCUT2D eigenvalue weighted by atomic mass is 127. The lowest BCUT2D eigenvalue weighted by Gasteiger charge is -2.02. The third-order valence-electron chi connectivity index (χ3n) is 2.96. The van der Waals surface area contributed by atoms with Gasteiger partial charge in [0.15, 0.2) is 0 Å². The van der Waals surface area contributed by atoms with Gasteiger partial charge in [-0.3, -0.25) is 0 Å². The van der Waals surface area contributed by atoms with Gasteiger partial charge in [-0.25, -0.2) is 0 Å². The Morgan fingerprint density at radius 1 is 0.739 bits per heavy atom. The first-order chi connectivity index (χ1) is 11.1.